The van der Waals surface area contributed by atoms with E-state index < -0.39 is 11.9 Å². The van der Waals surface area contributed by atoms with Crippen molar-refractivity contribution < 1.29 is 14.3 Å². The van der Waals surface area contributed by atoms with Crippen molar-refractivity contribution in [2.45, 2.75) is 13.5 Å². The highest BCUT2D eigenvalue weighted by molar-refractivity contribution is 6.32. The molecule has 0 unspecified atom stereocenters. The molecule has 6 nitrogen and oxygen atoms in total. The standard InChI is InChI=1S/C12H14ClN3O3/c1-3-7-16(11(17)12(18)19-4-2)8-9-5-6-10(13)15-14-9/h3,5-6H,1,4,7-8H2,2H3. The largest absolute Gasteiger partial charge is 0.459 e. The number of nitrogens with zero attached hydrogens (tertiary/aromatic N) is 3. The molecule has 0 saturated carbocycles. The maximum absolute atomic E-state index is 11.8. The van der Waals surface area contributed by atoms with Gasteiger partial charge in [0.15, 0.2) is 5.15 Å². The van der Waals surface area contributed by atoms with Crippen LogP contribution >= 0.6 is 11.6 Å². The molecule has 0 spiro atoms. The smallest absolute Gasteiger partial charge is 0.397 e. The molecule has 1 heterocycles. The molecule has 0 aliphatic carbocycles. The molecule has 1 rings (SSSR count). The van der Waals surface area contributed by atoms with E-state index in [2.05, 4.69) is 21.5 Å². The maximum atomic E-state index is 11.8. The van der Waals surface area contributed by atoms with E-state index in [0.29, 0.717) is 5.69 Å². The monoisotopic (exact) mass is 283 g/mol. The van der Waals surface area contributed by atoms with Gasteiger partial charge in [-0.25, -0.2) is 4.79 Å². The third-order valence-electron chi connectivity index (χ3n) is 2.13. The van der Waals surface area contributed by atoms with Crippen LogP contribution in [0.25, 0.3) is 0 Å². The molecule has 1 amide bonds. The van der Waals surface area contributed by atoms with Gasteiger partial charge in [0.2, 0.25) is 0 Å². The Labute approximate surface area is 116 Å². The van der Waals surface area contributed by atoms with Gasteiger partial charge in [-0.3, -0.25) is 4.79 Å². The topological polar surface area (TPSA) is 72.4 Å². The van der Waals surface area contributed by atoms with Crippen LogP contribution in [0, 0.1) is 0 Å². The Kier molecular flexibility index (Phi) is 5.95. The summed E-state index contributed by atoms with van der Waals surface area (Å²) in [6.07, 6.45) is 1.51. The minimum atomic E-state index is -0.897. The highest BCUT2D eigenvalue weighted by Crippen LogP contribution is 2.06. The number of ether oxygens (including phenoxy) is 1. The molecule has 19 heavy (non-hydrogen) atoms. The normalized spacial score (nSPS) is 9.79. The van der Waals surface area contributed by atoms with E-state index in [1.54, 1.807) is 19.1 Å². The summed E-state index contributed by atoms with van der Waals surface area (Å²) in [6.45, 7) is 5.66. The minimum absolute atomic E-state index is 0.133. The quantitative estimate of drug-likeness (QED) is 0.461. The average molecular weight is 284 g/mol. The van der Waals surface area contributed by atoms with Crippen molar-refractivity contribution in [2.75, 3.05) is 13.2 Å². The molecule has 7 heteroatoms. The first-order valence-corrected chi connectivity index (χ1v) is 6.01. The zero-order valence-corrected chi connectivity index (χ0v) is 11.3. The number of hydrogen-bond acceptors (Lipinski definition) is 5. The predicted molar refractivity (Wildman–Crippen MR) is 69.3 cm³/mol. The molecule has 0 fully saturated rings. The van der Waals surface area contributed by atoms with E-state index >= 15 is 0 Å². The highest BCUT2D eigenvalue weighted by Gasteiger charge is 2.22. The Balaban J connectivity index is 2.77. The lowest BCUT2D eigenvalue weighted by Gasteiger charge is -2.19. The van der Waals surface area contributed by atoms with E-state index in [1.165, 1.54) is 11.0 Å². The minimum Gasteiger partial charge on any atom is -0.459 e. The second kappa shape index (κ2) is 7.48. The molecule has 1 aromatic rings. The van der Waals surface area contributed by atoms with Gasteiger partial charge in [0.05, 0.1) is 18.8 Å². The molecular weight excluding hydrogens is 270 g/mol. The summed E-state index contributed by atoms with van der Waals surface area (Å²) in [7, 11) is 0. The summed E-state index contributed by atoms with van der Waals surface area (Å²) < 4.78 is 4.67. The Morgan fingerprint density at radius 3 is 2.74 bits per heavy atom. The molecule has 0 aliphatic heterocycles. The van der Waals surface area contributed by atoms with E-state index in [0.717, 1.165) is 0 Å². The molecule has 0 atom stereocenters. The van der Waals surface area contributed by atoms with Crippen LogP contribution in [0.5, 0.6) is 0 Å². The second-order valence-corrected chi connectivity index (χ2v) is 3.93. The Morgan fingerprint density at radius 2 is 2.21 bits per heavy atom. The maximum Gasteiger partial charge on any atom is 0.397 e. The summed E-state index contributed by atoms with van der Waals surface area (Å²) in [5.41, 5.74) is 0.517. The predicted octanol–water partition coefficient (Wildman–Crippen LogP) is 1.21. The van der Waals surface area contributed by atoms with E-state index in [4.69, 9.17) is 11.6 Å². The molecule has 0 bridgehead atoms. The van der Waals surface area contributed by atoms with Gasteiger partial charge < -0.3 is 9.64 Å². The van der Waals surface area contributed by atoms with Crippen molar-refractivity contribution in [1.82, 2.24) is 15.1 Å². The van der Waals surface area contributed by atoms with Gasteiger partial charge in [-0.1, -0.05) is 17.7 Å². The van der Waals surface area contributed by atoms with Crippen molar-refractivity contribution in [3.63, 3.8) is 0 Å². The van der Waals surface area contributed by atoms with Crippen molar-refractivity contribution in [2.24, 2.45) is 0 Å². The third kappa shape index (κ3) is 4.67. The van der Waals surface area contributed by atoms with Crippen molar-refractivity contribution in [3.05, 3.63) is 35.6 Å². The fourth-order valence-corrected chi connectivity index (χ4v) is 1.42. The fraction of sp³-hybridized carbons (Fsp3) is 0.333. The lowest BCUT2D eigenvalue weighted by atomic mass is 10.3. The Hall–Kier alpha value is -1.95. The van der Waals surface area contributed by atoms with Crippen LogP contribution in [0.3, 0.4) is 0 Å². The molecular formula is C12H14ClN3O3. The van der Waals surface area contributed by atoms with E-state index in [-0.39, 0.29) is 24.8 Å². The first-order valence-electron chi connectivity index (χ1n) is 5.63. The number of carbonyl (C=O) groups excluding carboxylic acids is 2. The van der Waals surface area contributed by atoms with Gasteiger partial charge >= 0.3 is 11.9 Å². The van der Waals surface area contributed by atoms with Gasteiger partial charge in [-0.15, -0.1) is 11.7 Å². The highest BCUT2D eigenvalue weighted by atomic mass is 35.5. The van der Waals surface area contributed by atoms with Crippen LogP contribution < -0.4 is 0 Å². The van der Waals surface area contributed by atoms with Gasteiger partial charge in [0.1, 0.15) is 0 Å². The lowest BCUT2D eigenvalue weighted by Crippen LogP contribution is -2.37. The van der Waals surface area contributed by atoms with E-state index in [1.807, 2.05) is 0 Å². The lowest BCUT2D eigenvalue weighted by molar-refractivity contribution is -0.159. The molecule has 0 aromatic carbocycles. The SMILES string of the molecule is C=CCN(Cc1ccc(Cl)nn1)C(=O)C(=O)OCC. The fourth-order valence-electron chi connectivity index (χ4n) is 1.32. The van der Waals surface area contributed by atoms with Crippen molar-refractivity contribution >= 4 is 23.5 Å². The molecule has 0 saturated heterocycles. The summed E-state index contributed by atoms with van der Waals surface area (Å²) in [4.78, 5) is 24.5. The van der Waals surface area contributed by atoms with Crippen LogP contribution in [-0.2, 0) is 20.9 Å². The van der Waals surface area contributed by atoms with Gasteiger partial charge in [0, 0.05) is 6.54 Å². The Morgan fingerprint density at radius 1 is 1.47 bits per heavy atom. The zero-order valence-electron chi connectivity index (χ0n) is 10.5. The average Bonchev–Trinajstić information content (AvgIpc) is 2.40. The van der Waals surface area contributed by atoms with Gasteiger partial charge in [-0.2, -0.15) is 5.10 Å². The first kappa shape index (κ1) is 15.1. The summed E-state index contributed by atoms with van der Waals surface area (Å²) in [5, 5.41) is 7.75. The number of aromatic nitrogens is 2. The number of esters is 1. The van der Waals surface area contributed by atoms with Crippen molar-refractivity contribution in [1.29, 1.82) is 0 Å². The van der Waals surface area contributed by atoms with Crippen LogP contribution in [0.15, 0.2) is 24.8 Å². The van der Waals surface area contributed by atoms with Crippen LogP contribution in [0.1, 0.15) is 12.6 Å². The number of amides is 1. The summed E-state index contributed by atoms with van der Waals surface area (Å²) in [6, 6.07) is 3.19. The number of hydrogen-bond donors (Lipinski definition) is 0. The number of carbonyl (C=O) groups is 2. The molecule has 1 aromatic heterocycles. The summed E-state index contributed by atoms with van der Waals surface area (Å²) in [5.74, 6) is -1.63. The Bertz CT molecular complexity index is 462. The first-order chi connectivity index (χ1) is 9.08. The van der Waals surface area contributed by atoms with E-state index in [9.17, 15) is 9.59 Å². The van der Waals surface area contributed by atoms with Gasteiger partial charge in [-0.05, 0) is 19.1 Å². The third-order valence-corrected chi connectivity index (χ3v) is 2.33. The summed E-state index contributed by atoms with van der Waals surface area (Å²) >= 11 is 5.62. The molecule has 0 N–H and O–H groups in total. The molecule has 0 aliphatic rings. The van der Waals surface area contributed by atoms with Crippen LogP contribution in [-0.4, -0.2) is 40.1 Å². The number of halogens is 1. The number of rotatable bonds is 5. The molecule has 102 valence electrons. The van der Waals surface area contributed by atoms with Crippen LogP contribution in [0.2, 0.25) is 5.15 Å². The second-order valence-electron chi connectivity index (χ2n) is 3.54. The molecule has 0 radical (unpaired) electrons. The van der Waals surface area contributed by atoms with Crippen molar-refractivity contribution in [3.8, 4) is 0 Å². The van der Waals surface area contributed by atoms with Gasteiger partial charge in [0.25, 0.3) is 0 Å². The zero-order chi connectivity index (χ0) is 14.3. The van der Waals surface area contributed by atoms with Crippen LogP contribution in [0.4, 0.5) is 0 Å².